The first kappa shape index (κ1) is 12.7. The molecule has 7 heteroatoms. The van der Waals surface area contributed by atoms with Crippen LogP contribution in [0.2, 0.25) is 0 Å². The van der Waals surface area contributed by atoms with Crippen molar-refractivity contribution >= 4 is 11.9 Å². The molecule has 0 aliphatic heterocycles. The zero-order chi connectivity index (χ0) is 14.0. The Labute approximate surface area is 108 Å². The van der Waals surface area contributed by atoms with Gasteiger partial charge in [0.15, 0.2) is 5.69 Å². The highest BCUT2D eigenvalue weighted by Gasteiger charge is 2.15. The van der Waals surface area contributed by atoms with Gasteiger partial charge in [-0.3, -0.25) is 9.78 Å². The molecule has 2 N–H and O–H groups in total. The number of carbonyl (C=O) groups is 2. The van der Waals surface area contributed by atoms with Crippen LogP contribution in [-0.4, -0.2) is 38.8 Å². The molecular formula is C12H12N4O3. The number of carboxylic acid groups (broad SMARTS) is 1. The molecule has 98 valence electrons. The van der Waals surface area contributed by atoms with Gasteiger partial charge >= 0.3 is 5.97 Å². The van der Waals surface area contributed by atoms with Gasteiger partial charge in [0.2, 0.25) is 0 Å². The maximum absolute atomic E-state index is 11.4. The molecule has 0 unspecified atom stereocenters. The van der Waals surface area contributed by atoms with E-state index in [9.17, 15) is 9.59 Å². The predicted molar refractivity (Wildman–Crippen MR) is 66.4 cm³/mol. The summed E-state index contributed by atoms with van der Waals surface area (Å²) in [6, 6.07) is 3.12. The Morgan fingerprint density at radius 2 is 2.16 bits per heavy atom. The van der Waals surface area contributed by atoms with E-state index in [1.807, 2.05) is 0 Å². The third-order valence-corrected chi connectivity index (χ3v) is 2.54. The third-order valence-electron chi connectivity index (χ3n) is 2.54. The zero-order valence-electron chi connectivity index (χ0n) is 10.4. The second-order valence-corrected chi connectivity index (χ2v) is 3.87. The van der Waals surface area contributed by atoms with E-state index in [2.05, 4.69) is 15.4 Å². The number of aryl methyl sites for hydroxylation is 1. The van der Waals surface area contributed by atoms with Crippen LogP contribution in [0.5, 0.6) is 0 Å². The van der Waals surface area contributed by atoms with Gasteiger partial charge in [-0.15, -0.1) is 0 Å². The Hall–Kier alpha value is -2.70. The van der Waals surface area contributed by atoms with Gasteiger partial charge in [-0.1, -0.05) is 0 Å². The molecule has 0 saturated carbocycles. The van der Waals surface area contributed by atoms with Gasteiger partial charge in [-0.25, -0.2) is 9.48 Å². The minimum Gasteiger partial charge on any atom is -0.478 e. The van der Waals surface area contributed by atoms with E-state index in [4.69, 9.17) is 5.11 Å². The SMILES string of the molecule is CNC(=O)c1ccn(-c2cc(C)ncc2C(=O)O)n1. The zero-order valence-corrected chi connectivity index (χ0v) is 10.4. The van der Waals surface area contributed by atoms with Gasteiger partial charge in [0.25, 0.3) is 5.91 Å². The highest BCUT2D eigenvalue weighted by atomic mass is 16.4. The summed E-state index contributed by atoms with van der Waals surface area (Å²) in [5.41, 5.74) is 1.28. The van der Waals surface area contributed by atoms with E-state index in [1.54, 1.807) is 13.0 Å². The van der Waals surface area contributed by atoms with E-state index >= 15 is 0 Å². The van der Waals surface area contributed by atoms with Crippen molar-refractivity contribution in [1.29, 1.82) is 0 Å². The summed E-state index contributed by atoms with van der Waals surface area (Å²) in [6.45, 7) is 1.75. The fraction of sp³-hybridized carbons (Fsp3) is 0.167. The molecule has 19 heavy (non-hydrogen) atoms. The van der Waals surface area contributed by atoms with Gasteiger partial charge in [-0.2, -0.15) is 5.10 Å². The first-order chi connectivity index (χ1) is 9.02. The Bertz CT molecular complexity index is 648. The molecule has 0 aliphatic rings. The highest BCUT2D eigenvalue weighted by Crippen LogP contribution is 2.15. The van der Waals surface area contributed by atoms with Crippen molar-refractivity contribution < 1.29 is 14.7 Å². The number of hydrogen-bond acceptors (Lipinski definition) is 4. The normalized spacial score (nSPS) is 10.2. The molecule has 0 atom stereocenters. The number of rotatable bonds is 3. The van der Waals surface area contributed by atoms with E-state index in [-0.39, 0.29) is 17.2 Å². The minimum absolute atomic E-state index is 0.0251. The molecule has 0 saturated heterocycles. The quantitative estimate of drug-likeness (QED) is 0.843. The molecule has 2 heterocycles. The molecule has 0 aromatic carbocycles. The van der Waals surface area contributed by atoms with Gasteiger partial charge < -0.3 is 10.4 Å². The second-order valence-electron chi connectivity index (χ2n) is 3.87. The monoisotopic (exact) mass is 260 g/mol. The van der Waals surface area contributed by atoms with Crippen LogP contribution >= 0.6 is 0 Å². The summed E-state index contributed by atoms with van der Waals surface area (Å²) in [4.78, 5) is 26.5. The molecule has 0 aliphatic carbocycles. The molecule has 0 fully saturated rings. The number of carbonyl (C=O) groups excluding carboxylic acids is 1. The largest absolute Gasteiger partial charge is 0.478 e. The van der Waals surface area contributed by atoms with Crippen molar-refractivity contribution in [3.63, 3.8) is 0 Å². The van der Waals surface area contributed by atoms with Crippen LogP contribution in [0.4, 0.5) is 0 Å². The van der Waals surface area contributed by atoms with Crippen molar-refractivity contribution in [1.82, 2.24) is 20.1 Å². The maximum atomic E-state index is 11.4. The molecule has 1 amide bonds. The lowest BCUT2D eigenvalue weighted by Gasteiger charge is -2.06. The minimum atomic E-state index is -1.10. The molecule has 2 rings (SSSR count). The fourth-order valence-electron chi connectivity index (χ4n) is 1.61. The van der Waals surface area contributed by atoms with Crippen molar-refractivity contribution in [2.75, 3.05) is 7.05 Å². The number of carboxylic acids is 1. The van der Waals surface area contributed by atoms with E-state index in [0.29, 0.717) is 11.4 Å². The standard InChI is InChI=1S/C12H12N4O3/c1-7-5-10(8(6-14-7)12(18)19)16-4-3-9(15-16)11(17)13-2/h3-6H,1-2H3,(H,13,17)(H,18,19). The summed E-state index contributed by atoms with van der Waals surface area (Å²) in [6.07, 6.45) is 2.81. The Morgan fingerprint density at radius 1 is 1.42 bits per heavy atom. The van der Waals surface area contributed by atoms with Gasteiger partial charge in [0, 0.05) is 25.1 Å². The van der Waals surface area contributed by atoms with E-state index in [1.165, 1.54) is 30.2 Å². The van der Waals surface area contributed by atoms with Crippen molar-refractivity contribution in [3.8, 4) is 5.69 Å². The van der Waals surface area contributed by atoms with Crippen LogP contribution in [0.15, 0.2) is 24.5 Å². The van der Waals surface area contributed by atoms with Crippen molar-refractivity contribution in [2.24, 2.45) is 0 Å². The molecular weight excluding hydrogens is 248 g/mol. The molecule has 7 nitrogen and oxygen atoms in total. The molecule has 0 radical (unpaired) electrons. The van der Waals surface area contributed by atoms with Gasteiger partial charge in [0.05, 0.1) is 5.69 Å². The lowest BCUT2D eigenvalue weighted by Crippen LogP contribution is -2.18. The van der Waals surface area contributed by atoms with Crippen LogP contribution in [-0.2, 0) is 0 Å². The number of nitrogens with zero attached hydrogens (tertiary/aromatic N) is 3. The highest BCUT2D eigenvalue weighted by molar-refractivity contribution is 5.93. The van der Waals surface area contributed by atoms with Crippen LogP contribution < -0.4 is 5.32 Å². The van der Waals surface area contributed by atoms with Crippen LogP contribution in [0.1, 0.15) is 26.5 Å². The number of nitrogens with one attached hydrogen (secondary N) is 1. The van der Waals surface area contributed by atoms with Gasteiger partial charge in [0.1, 0.15) is 5.56 Å². The van der Waals surface area contributed by atoms with Crippen LogP contribution in [0.3, 0.4) is 0 Å². The lowest BCUT2D eigenvalue weighted by atomic mass is 10.2. The molecule has 2 aromatic rings. The van der Waals surface area contributed by atoms with Crippen molar-refractivity contribution in [2.45, 2.75) is 6.92 Å². The Morgan fingerprint density at radius 3 is 2.79 bits per heavy atom. The topological polar surface area (TPSA) is 97.1 Å². The van der Waals surface area contributed by atoms with Crippen LogP contribution in [0.25, 0.3) is 5.69 Å². The number of amides is 1. The number of aromatic nitrogens is 3. The third kappa shape index (κ3) is 2.44. The summed E-state index contributed by atoms with van der Waals surface area (Å²) in [7, 11) is 1.50. The average molecular weight is 260 g/mol. The first-order valence-electron chi connectivity index (χ1n) is 5.51. The van der Waals surface area contributed by atoms with Crippen molar-refractivity contribution in [3.05, 3.63) is 41.5 Å². The number of aromatic carboxylic acids is 1. The number of pyridine rings is 1. The molecule has 2 aromatic heterocycles. The van der Waals surface area contributed by atoms with Gasteiger partial charge in [-0.05, 0) is 19.1 Å². The summed E-state index contributed by atoms with van der Waals surface area (Å²) in [5.74, 6) is -1.43. The van der Waals surface area contributed by atoms with E-state index < -0.39 is 5.97 Å². The Balaban J connectivity index is 2.52. The maximum Gasteiger partial charge on any atom is 0.339 e. The summed E-state index contributed by atoms with van der Waals surface area (Å²) < 4.78 is 1.35. The number of hydrogen-bond donors (Lipinski definition) is 2. The summed E-state index contributed by atoms with van der Waals surface area (Å²) in [5, 5.41) is 15.6. The molecule has 0 spiro atoms. The van der Waals surface area contributed by atoms with Crippen LogP contribution in [0, 0.1) is 6.92 Å². The molecule has 0 bridgehead atoms. The second kappa shape index (κ2) is 4.89. The predicted octanol–water partition coefficient (Wildman–Crippen LogP) is 0.634. The smallest absolute Gasteiger partial charge is 0.339 e. The lowest BCUT2D eigenvalue weighted by molar-refractivity contribution is 0.0696. The summed E-state index contributed by atoms with van der Waals surface area (Å²) >= 11 is 0. The fourth-order valence-corrected chi connectivity index (χ4v) is 1.61. The first-order valence-corrected chi connectivity index (χ1v) is 5.51. The average Bonchev–Trinajstić information content (AvgIpc) is 2.86. The Kier molecular flexibility index (Phi) is 3.28. The van der Waals surface area contributed by atoms with E-state index in [0.717, 1.165) is 0 Å².